The van der Waals surface area contributed by atoms with Gasteiger partial charge in [-0.05, 0) is 31.0 Å². The summed E-state index contributed by atoms with van der Waals surface area (Å²) in [4.78, 5) is 28.7. The molecule has 9 nitrogen and oxygen atoms in total. The predicted molar refractivity (Wildman–Crippen MR) is 119 cm³/mol. The summed E-state index contributed by atoms with van der Waals surface area (Å²) in [6.45, 7) is 8.06. The second-order valence-corrected chi connectivity index (χ2v) is 9.68. The van der Waals surface area contributed by atoms with Crippen LogP contribution in [0.15, 0.2) is 39.8 Å². The molecule has 1 aliphatic rings. The topological polar surface area (TPSA) is 104 Å². The van der Waals surface area contributed by atoms with Crippen LogP contribution >= 0.6 is 0 Å². The van der Waals surface area contributed by atoms with Crippen LogP contribution in [0, 0.1) is 6.92 Å². The lowest BCUT2D eigenvalue weighted by Crippen LogP contribution is -2.50. The Labute approximate surface area is 189 Å². The summed E-state index contributed by atoms with van der Waals surface area (Å²) in [5.74, 6) is 0.0265. The van der Waals surface area contributed by atoms with Crippen LogP contribution in [0.25, 0.3) is 0 Å². The molecule has 0 N–H and O–H groups in total. The summed E-state index contributed by atoms with van der Waals surface area (Å²) in [5.41, 5.74) is 1.56. The minimum absolute atomic E-state index is 0.0208. The highest BCUT2D eigenvalue weighted by atomic mass is 32.2. The van der Waals surface area contributed by atoms with Crippen LogP contribution in [0.4, 0.5) is 0 Å². The van der Waals surface area contributed by atoms with Gasteiger partial charge in [0.05, 0.1) is 10.6 Å². The molecular formula is C22H30N4O5S. The fraction of sp³-hybridized carbons (Fsp3) is 0.500. The lowest BCUT2D eigenvalue weighted by molar-refractivity contribution is -0.132. The molecule has 174 valence electrons. The Morgan fingerprint density at radius 1 is 1.03 bits per heavy atom. The summed E-state index contributed by atoms with van der Waals surface area (Å²) in [7, 11) is -3.48. The van der Waals surface area contributed by atoms with E-state index in [4.69, 9.17) is 4.52 Å². The van der Waals surface area contributed by atoms with Crippen molar-refractivity contribution in [3.63, 3.8) is 0 Å². The Bertz CT molecular complexity index is 1040. The first kappa shape index (κ1) is 23.9. The van der Waals surface area contributed by atoms with Crippen molar-refractivity contribution < 1.29 is 22.5 Å². The minimum Gasteiger partial charge on any atom is -0.351 e. The van der Waals surface area contributed by atoms with E-state index in [-0.39, 0.29) is 22.5 Å². The molecule has 1 aliphatic heterocycles. The number of carbonyl (C=O) groups is 2. The van der Waals surface area contributed by atoms with Gasteiger partial charge in [0.15, 0.2) is 0 Å². The maximum atomic E-state index is 12.6. The van der Waals surface area contributed by atoms with E-state index in [2.05, 4.69) is 5.16 Å². The Balaban J connectivity index is 1.49. The summed E-state index contributed by atoms with van der Waals surface area (Å²) in [6.07, 6.45) is 0.859. The number of hydrogen-bond donors (Lipinski definition) is 0. The molecule has 0 bridgehead atoms. The first-order valence-electron chi connectivity index (χ1n) is 10.9. The molecule has 0 spiro atoms. The van der Waals surface area contributed by atoms with Crippen molar-refractivity contribution >= 4 is 21.8 Å². The van der Waals surface area contributed by atoms with Gasteiger partial charge in [0.25, 0.3) is 5.91 Å². The quantitative estimate of drug-likeness (QED) is 0.594. The zero-order chi connectivity index (χ0) is 23.3. The van der Waals surface area contributed by atoms with Crippen LogP contribution in [0.1, 0.15) is 42.1 Å². The molecule has 1 saturated heterocycles. The van der Waals surface area contributed by atoms with Gasteiger partial charge in [0, 0.05) is 51.8 Å². The van der Waals surface area contributed by atoms with Gasteiger partial charge in [-0.2, -0.15) is 4.31 Å². The molecule has 32 heavy (non-hydrogen) atoms. The van der Waals surface area contributed by atoms with Crippen LogP contribution in [-0.2, 0) is 21.2 Å². The van der Waals surface area contributed by atoms with Crippen molar-refractivity contribution in [2.45, 2.75) is 38.5 Å². The molecule has 2 aromatic rings. The van der Waals surface area contributed by atoms with E-state index >= 15 is 0 Å². The zero-order valence-electron chi connectivity index (χ0n) is 18.8. The second kappa shape index (κ2) is 10.3. The molecule has 1 fully saturated rings. The van der Waals surface area contributed by atoms with Crippen molar-refractivity contribution in [2.24, 2.45) is 0 Å². The molecule has 2 amide bonds. The lowest BCUT2D eigenvalue weighted by atomic mass is 10.1. The SMILES string of the molecule is CCN(CC)S(=O)(=O)c1ccc(CCC(=O)N2CCN(C(=O)c3cc(C)no3)CC2)cc1. The highest BCUT2D eigenvalue weighted by Gasteiger charge is 2.27. The Hall–Kier alpha value is -2.72. The van der Waals surface area contributed by atoms with Crippen molar-refractivity contribution in [3.8, 4) is 0 Å². The van der Waals surface area contributed by atoms with Crippen LogP contribution in [0.3, 0.4) is 0 Å². The Morgan fingerprint density at radius 2 is 1.62 bits per heavy atom. The van der Waals surface area contributed by atoms with E-state index in [1.54, 1.807) is 47.1 Å². The van der Waals surface area contributed by atoms with E-state index in [1.807, 2.05) is 13.8 Å². The molecular weight excluding hydrogens is 432 g/mol. The molecule has 0 saturated carbocycles. The van der Waals surface area contributed by atoms with Crippen molar-refractivity contribution in [1.29, 1.82) is 0 Å². The summed E-state index contributed by atoms with van der Waals surface area (Å²) in [5, 5.41) is 3.74. The van der Waals surface area contributed by atoms with Crippen molar-refractivity contribution in [2.75, 3.05) is 39.3 Å². The number of aromatic nitrogens is 1. The molecule has 1 aromatic carbocycles. The first-order chi connectivity index (χ1) is 15.3. The number of benzene rings is 1. The van der Waals surface area contributed by atoms with Gasteiger partial charge in [0.1, 0.15) is 0 Å². The van der Waals surface area contributed by atoms with E-state index in [9.17, 15) is 18.0 Å². The van der Waals surface area contributed by atoms with Crippen LogP contribution in [-0.4, -0.2) is 78.8 Å². The molecule has 0 radical (unpaired) electrons. The van der Waals surface area contributed by atoms with E-state index in [1.165, 1.54) is 4.31 Å². The fourth-order valence-electron chi connectivity index (χ4n) is 3.73. The van der Waals surface area contributed by atoms with Gasteiger partial charge in [-0.3, -0.25) is 9.59 Å². The Morgan fingerprint density at radius 3 is 2.16 bits per heavy atom. The molecule has 0 unspecified atom stereocenters. The molecule has 0 aliphatic carbocycles. The molecule has 10 heteroatoms. The first-order valence-corrected chi connectivity index (χ1v) is 12.3. The number of piperazine rings is 1. The Kier molecular flexibility index (Phi) is 7.68. The molecule has 3 rings (SSSR count). The van der Waals surface area contributed by atoms with Crippen molar-refractivity contribution in [3.05, 3.63) is 47.3 Å². The monoisotopic (exact) mass is 462 g/mol. The van der Waals surface area contributed by atoms with Gasteiger partial charge in [0.2, 0.25) is 21.7 Å². The molecule has 1 aromatic heterocycles. The summed E-state index contributed by atoms with van der Waals surface area (Å²) in [6, 6.07) is 8.34. The summed E-state index contributed by atoms with van der Waals surface area (Å²) < 4.78 is 31.6. The van der Waals surface area contributed by atoms with E-state index < -0.39 is 10.0 Å². The molecule has 0 atom stereocenters. The number of hydrogen-bond acceptors (Lipinski definition) is 6. The lowest BCUT2D eigenvalue weighted by Gasteiger charge is -2.34. The highest BCUT2D eigenvalue weighted by molar-refractivity contribution is 7.89. The normalized spacial score (nSPS) is 14.8. The van der Waals surface area contributed by atoms with E-state index in [0.29, 0.717) is 57.8 Å². The van der Waals surface area contributed by atoms with Gasteiger partial charge in [-0.25, -0.2) is 8.42 Å². The van der Waals surface area contributed by atoms with Gasteiger partial charge >= 0.3 is 0 Å². The number of sulfonamides is 1. The zero-order valence-corrected chi connectivity index (χ0v) is 19.6. The number of aryl methyl sites for hydroxylation is 2. The number of carbonyl (C=O) groups excluding carboxylic acids is 2. The van der Waals surface area contributed by atoms with Crippen LogP contribution in [0.5, 0.6) is 0 Å². The standard InChI is InChI=1S/C22H30N4O5S/c1-4-26(5-2)32(29,30)19-9-6-18(7-10-19)8-11-21(27)24-12-14-25(15-13-24)22(28)20-16-17(3)23-31-20/h6-7,9-10,16H,4-5,8,11-15H2,1-3H3. The van der Waals surface area contributed by atoms with Crippen LogP contribution in [0.2, 0.25) is 0 Å². The van der Waals surface area contributed by atoms with Crippen molar-refractivity contribution in [1.82, 2.24) is 19.3 Å². The number of nitrogens with zero attached hydrogens (tertiary/aromatic N) is 4. The number of rotatable bonds is 8. The third-order valence-corrected chi connectivity index (χ3v) is 7.72. The number of amides is 2. The van der Waals surface area contributed by atoms with Gasteiger partial charge in [-0.1, -0.05) is 31.1 Å². The predicted octanol–water partition coefficient (Wildman–Crippen LogP) is 1.93. The summed E-state index contributed by atoms with van der Waals surface area (Å²) >= 11 is 0. The highest BCUT2D eigenvalue weighted by Crippen LogP contribution is 2.17. The van der Waals surface area contributed by atoms with Crippen LogP contribution < -0.4 is 0 Å². The average Bonchev–Trinajstić information content (AvgIpc) is 3.24. The third kappa shape index (κ3) is 5.36. The maximum Gasteiger partial charge on any atom is 0.292 e. The third-order valence-electron chi connectivity index (χ3n) is 5.65. The largest absolute Gasteiger partial charge is 0.351 e. The minimum atomic E-state index is -3.48. The maximum absolute atomic E-state index is 12.6. The van der Waals surface area contributed by atoms with E-state index in [0.717, 1.165) is 5.56 Å². The smallest absolute Gasteiger partial charge is 0.292 e. The molecule has 2 heterocycles. The second-order valence-electron chi connectivity index (χ2n) is 7.74. The van der Waals surface area contributed by atoms with Gasteiger partial charge in [-0.15, -0.1) is 0 Å². The average molecular weight is 463 g/mol. The fourth-order valence-corrected chi connectivity index (χ4v) is 5.19. The van der Waals surface area contributed by atoms with Gasteiger partial charge < -0.3 is 14.3 Å².